The lowest BCUT2D eigenvalue weighted by molar-refractivity contribution is -0.116. The van der Waals surface area contributed by atoms with Crippen LogP contribution < -0.4 is 15.8 Å². The van der Waals surface area contributed by atoms with Gasteiger partial charge in [-0.2, -0.15) is 0 Å². The second kappa shape index (κ2) is 6.09. The summed E-state index contributed by atoms with van der Waals surface area (Å²) in [5.41, 5.74) is 3.06. The Kier molecular flexibility index (Phi) is 3.76. The number of likely N-dealkylation sites (N-methyl/N-ethyl adjacent to an activating group) is 1. The number of pyridine rings is 1. The summed E-state index contributed by atoms with van der Waals surface area (Å²) < 4.78 is 1.44. The highest BCUT2D eigenvalue weighted by Crippen LogP contribution is 2.29. The van der Waals surface area contributed by atoms with Gasteiger partial charge >= 0.3 is 0 Å². The highest BCUT2D eigenvalue weighted by atomic mass is 16.2. The third-order valence-electron chi connectivity index (χ3n) is 4.70. The molecule has 3 aromatic rings. The molecule has 0 aliphatic carbocycles. The summed E-state index contributed by atoms with van der Waals surface area (Å²) in [5.74, 6) is -0.210. The molecule has 0 spiro atoms. The number of hydrogen-bond donors (Lipinski definition) is 1. The van der Waals surface area contributed by atoms with E-state index in [2.05, 4.69) is 16.3 Å². The molecule has 0 unspecified atom stereocenters. The van der Waals surface area contributed by atoms with E-state index in [9.17, 15) is 9.59 Å². The first-order valence-corrected chi connectivity index (χ1v) is 8.34. The Morgan fingerprint density at radius 3 is 2.88 bits per heavy atom. The van der Waals surface area contributed by atoms with Gasteiger partial charge < -0.3 is 14.8 Å². The van der Waals surface area contributed by atoms with Crippen molar-refractivity contribution < 1.29 is 4.79 Å². The molecule has 126 valence electrons. The van der Waals surface area contributed by atoms with Crippen molar-refractivity contribution in [1.82, 2.24) is 4.57 Å². The summed E-state index contributed by atoms with van der Waals surface area (Å²) in [6.45, 7) is 0.996. The van der Waals surface area contributed by atoms with Gasteiger partial charge in [0.15, 0.2) is 0 Å². The second-order valence-electron chi connectivity index (χ2n) is 6.40. The van der Waals surface area contributed by atoms with Crippen LogP contribution in [-0.4, -0.2) is 24.1 Å². The van der Waals surface area contributed by atoms with Gasteiger partial charge in [-0.15, -0.1) is 0 Å². The Morgan fingerprint density at radius 2 is 2.00 bits per heavy atom. The number of rotatable bonds is 3. The fraction of sp³-hybridized carbons (Fsp3) is 0.200. The number of benzene rings is 2. The summed E-state index contributed by atoms with van der Waals surface area (Å²) in [7, 11) is 2.05. The number of nitrogens with zero attached hydrogens (tertiary/aromatic N) is 2. The van der Waals surface area contributed by atoms with Gasteiger partial charge in [0.25, 0.3) is 5.56 Å². The first-order chi connectivity index (χ1) is 12.1. The van der Waals surface area contributed by atoms with Gasteiger partial charge in [0.2, 0.25) is 5.91 Å². The minimum Gasteiger partial charge on any atom is -0.374 e. The Hall–Kier alpha value is -3.08. The maximum absolute atomic E-state index is 12.5. The topological polar surface area (TPSA) is 54.3 Å². The lowest BCUT2D eigenvalue weighted by atomic mass is 10.1. The maximum atomic E-state index is 12.5. The average Bonchev–Trinajstić information content (AvgIpc) is 2.98. The van der Waals surface area contributed by atoms with Crippen LogP contribution in [0.25, 0.3) is 10.8 Å². The molecule has 0 saturated carbocycles. The maximum Gasteiger partial charge on any atom is 0.258 e. The summed E-state index contributed by atoms with van der Waals surface area (Å²) in [6.07, 6.45) is 2.70. The van der Waals surface area contributed by atoms with E-state index in [1.165, 1.54) is 10.1 Å². The van der Waals surface area contributed by atoms with Crippen molar-refractivity contribution in [2.24, 2.45) is 0 Å². The SMILES string of the molecule is CN1CCc2ccc(NC(=O)Cn3ccc4ccccc4c3=O)cc21. The highest BCUT2D eigenvalue weighted by molar-refractivity contribution is 5.91. The van der Waals surface area contributed by atoms with E-state index in [1.54, 1.807) is 12.3 Å². The molecule has 0 radical (unpaired) electrons. The molecule has 5 nitrogen and oxygen atoms in total. The van der Waals surface area contributed by atoms with Gasteiger partial charge in [-0.05, 0) is 41.6 Å². The van der Waals surface area contributed by atoms with E-state index < -0.39 is 0 Å². The zero-order valence-corrected chi connectivity index (χ0v) is 14.0. The van der Waals surface area contributed by atoms with E-state index in [4.69, 9.17) is 0 Å². The fourth-order valence-electron chi connectivity index (χ4n) is 3.33. The smallest absolute Gasteiger partial charge is 0.258 e. The third-order valence-corrected chi connectivity index (χ3v) is 4.70. The molecule has 1 amide bonds. The normalized spacial score (nSPS) is 13.1. The van der Waals surface area contributed by atoms with E-state index in [0.29, 0.717) is 5.39 Å². The van der Waals surface area contributed by atoms with Gasteiger partial charge in [0, 0.05) is 36.6 Å². The van der Waals surface area contributed by atoms with Crippen molar-refractivity contribution in [1.29, 1.82) is 0 Å². The molecule has 1 aliphatic rings. The molecule has 0 atom stereocenters. The van der Waals surface area contributed by atoms with Crippen LogP contribution in [0.15, 0.2) is 59.5 Å². The monoisotopic (exact) mass is 333 g/mol. The van der Waals surface area contributed by atoms with E-state index in [-0.39, 0.29) is 18.0 Å². The van der Waals surface area contributed by atoms with Crippen LogP contribution >= 0.6 is 0 Å². The summed E-state index contributed by atoms with van der Waals surface area (Å²) in [4.78, 5) is 27.0. The van der Waals surface area contributed by atoms with Crippen molar-refractivity contribution in [3.8, 4) is 0 Å². The lowest BCUT2D eigenvalue weighted by Crippen LogP contribution is -2.27. The van der Waals surface area contributed by atoms with Crippen molar-refractivity contribution in [2.75, 3.05) is 23.8 Å². The number of fused-ring (bicyclic) bond motifs is 2. The van der Waals surface area contributed by atoms with Crippen molar-refractivity contribution in [3.63, 3.8) is 0 Å². The quantitative estimate of drug-likeness (QED) is 0.802. The molecule has 0 fully saturated rings. The second-order valence-corrected chi connectivity index (χ2v) is 6.40. The Bertz CT molecular complexity index is 1020. The number of carbonyl (C=O) groups excluding carboxylic acids is 1. The standard InChI is InChI=1S/C20H19N3O2/c1-22-10-8-15-6-7-16(12-18(15)22)21-19(24)13-23-11-9-14-4-2-3-5-17(14)20(23)25/h2-7,9,11-12H,8,10,13H2,1H3,(H,21,24). The first-order valence-electron chi connectivity index (χ1n) is 8.34. The van der Waals surface area contributed by atoms with Crippen LogP contribution in [0.4, 0.5) is 11.4 Å². The fourth-order valence-corrected chi connectivity index (χ4v) is 3.33. The van der Waals surface area contributed by atoms with Gasteiger partial charge in [-0.25, -0.2) is 0 Å². The molecule has 4 rings (SSSR count). The van der Waals surface area contributed by atoms with Crippen molar-refractivity contribution >= 4 is 28.1 Å². The van der Waals surface area contributed by atoms with Crippen molar-refractivity contribution in [3.05, 3.63) is 70.6 Å². The molecule has 1 aliphatic heterocycles. The minimum absolute atomic E-state index is 0.00338. The molecule has 2 heterocycles. The largest absolute Gasteiger partial charge is 0.374 e. The molecule has 1 aromatic heterocycles. The molecule has 2 aromatic carbocycles. The number of amides is 1. The lowest BCUT2D eigenvalue weighted by Gasteiger charge is -2.14. The van der Waals surface area contributed by atoms with Crippen molar-refractivity contribution in [2.45, 2.75) is 13.0 Å². The molecule has 0 bridgehead atoms. The van der Waals surface area contributed by atoms with E-state index >= 15 is 0 Å². The Labute approximate surface area is 145 Å². The Morgan fingerprint density at radius 1 is 1.16 bits per heavy atom. The van der Waals surface area contributed by atoms with Gasteiger partial charge in [-0.3, -0.25) is 9.59 Å². The van der Waals surface area contributed by atoms with Crippen LogP contribution in [-0.2, 0) is 17.8 Å². The molecule has 0 saturated heterocycles. The van der Waals surface area contributed by atoms with Crippen LogP contribution in [0.2, 0.25) is 0 Å². The first kappa shape index (κ1) is 15.4. The van der Waals surface area contributed by atoms with E-state index in [1.807, 2.05) is 43.4 Å². The van der Waals surface area contributed by atoms with Crippen LogP contribution in [0.5, 0.6) is 0 Å². The molecular weight excluding hydrogens is 314 g/mol. The molecule has 25 heavy (non-hydrogen) atoms. The predicted molar refractivity (Wildman–Crippen MR) is 100 cm³/mol. The van der Waals surface area contributed by atoms with Crippen LogP contribution in [0.3, 0.4) is 0 Å². The zero-order chi connectivity index (χ0) is 17.4. The predicted octanol–water partition coefficient (Wildman–Crippen LogP) is 2.63. The summed E-state index contributed by atoms with van der Waals surface area (Å²) >= 11 is 0. The average molecular weight is 333 g/mol. The third kappa shape index (κ3) is 2.89. The number of carbonyl (C=O) groups is 1. The number of aromatic nitrogens is 1. The van der Waals surface area contributed by atoms with Gasteiger partial charge in [-0.1, -0.05) is 24.3 Å². The molecular formula is C20H19N3O2. The summed E-state index contributed by atoms with van der Waals surface area (Å²) in [6, 6.07) is 15.2. The van der Waals surface area contributed by atoms with Gasteiger partial charge in [0.05, 0.1) is 0 Å². The minimum atomic E-state index is -0.210. The van der Waals surface area contributed by atoms with Crippen LogP contribution in [0, 0.1) is 0 Å². The number of nitrogens with one attached hydrogen (secondary N) is 1. The zero-order valence-electron chi connectivity index (χ0n) is 14.0. The molecule has 1 N–H and O–H groups in total. The number of anilines is 2. The Balaban J connectivity index is 1.54. The number of hydrogen-bond acceptors (Lipinski definition) is 3. The highest BCUT2D eigenvalue weighted by Gasteiger charge is 2.16. The van der Waals surface area contributed by atoms with Crippen LogP contribution in [0.1, 0.15) is 5.56 Å². The van der Waals surface area contributed by atoms with Gasteiger partial charge in [0.1, 0.15) is 6.54 Å². The van der Waals surface area contributed by atoms with E-state index in [0.717, 1.165) is 29.7 Å². The molecule has 5 heteroatoms. The summed E-state index contributed by atoms with van der Waals surface area (Å²) in [5, 5.41) is 4.39.